The van der Waals surface area contributed by atoms with Crippen LogP contribution in [0.2, 0.25) is 0 Å². The molecule has 11 rings (SSSR count). The fourth-order valence-electron chi connectivity index (χ4n) is 8.41. The first-order chi connectivity index (χ1) is 23.3. The molecule has 0 N–H and O–H groups in total. The molecule has 0 radical (unpaired) electrons. The molecule has 0 bridgehead atoms. The van der Waals surface area contributed by atoms with Crippen molar-refractivity contribution < 1.29 is 4.42 Å². The van der Waals surface area contributed by atoms with Crippen molar-refractivity contribution in [3.63, 3.8) is 0 Å². The molecule has 0 atom stereocenters. The van der Waals surface area contributed by atoms with Gasteiger partial charge in [0.15, 0.2) is 5.58 Å². The first-order valence-electron chi connectivity index (χ1n) is 16.0. The number of hydrogen-bond acceptors (Lipinski definition) is 3. The highest BCUT2D eigenvalue weighted by Crippen LogP contribution is 2.63. The zero-order chi connectivity index (χ0) is 30.7. The van der Waals surface area contributed by atoms with Crippen molar-refractivity contribution >= 4 is 42.6 Å². The molecule has 3 heteroatoms. The Morgan fingerprint density at radius 1 is 0.468 bits per heavy atom. The van der Waals surface area contributed by atoms with Crippen molar-refractivity contribution in [2.45, 2.75) is 5.41 Å². The van der Waals surface area contributed by atoms with Crippen LogP contribution >= 0.6 is 11.3 Å². The van der Waals surface area contributed by atoms with E-state index in [9.17, 15) is 0 Å². The predicted molar refractivity (Wildman–Crippen MR) is 194 cm³/mol. The summed E-state index contributed by atoms with van der Waals surface area (Å²) in [5, 5.41) is 2.64. The van der Waals surface area contributed by atoms with Crippen LogP contribution in [-0.2, 0) is 5.41 Å². The van der Waals surface area contributed by atoms with E-state index >= 15 is 0 Å². The molecule has 218 valence electrons. The van der Waals surface area contributed by atoms with E-state index in [4.69, 9.17) is 9.40 Å². The smallest absolute Gasteiger partial charge is 0.227 e. The highest BCUT2D eigenvalue weighted by molar-refractivity contribution is 7.26. The summed E-state index contributed by atoms with van der Waals surface area (Å²) >= 11 is 1.89. The second-order valence-corrected chi connectivity index (χ2v) is 13.7. The van der Waals surface area contributed by atoms with Gasteiger partial charge >= 0.3 is 0 Å². The fraction of sp³-hybridized carbons (Fsp3) is 0.0227. The molecule has 2 heterocycles. The van der Waals surface area contributed by atoms with E-state index in [0.29, 0.717) is 5.89 Å². The van der Waals surface area contributed by atoms with E-state index in [1.807, 2.05) is 35.6 Å². The van der Waals surface area contributed by atoms with Gasteiger partial charge < -0.3 is 4.42 Å². The molecule has 7 aromatic carbocycles. The molecule has 2 aliphatic carbocycles. The SMILES string of the molecule is c1ccc2c(c1)-c1ccccc1C21c2cc(-c3nc4ccccc4o3)ccc2-c2ccc(-c3cccc4c3sc3ccccc34)cc21. The second kappa shape index (κ2) is 9.16. The van der Waals surface area contributed by atoms with Gasteiger partial charge in [0, 0.05) is 25.7 Å². The fourth-order valence-corrected chi connectivity index (χ4v) is 9.65. The summed E-state index contributed by atoms with van der Waals surface area (Å²) in [6.45, 7) is 0. The molecule has 0 unspecified atom stereocenters. The lowest BCUT2D eigenvalue weighted by atomic mass is 9.70. The van der Waals surface area contributed by atoms with Gasteiger partial charge in [0.1, 0.15) is 5.52 Å². The van der Waals surface area contributed by atoms with Gasteiger partial charge in [-0.1, -0.05) is 115 Å². The monoisotopic (exact) mass is 615 g/mol. The van der Waals surface area contributed by atoms with Gasteiger partial charge in [-0.05, 0) is 92.0 Å². The van der Waals surface area contributed by atoms with Gasteiger partial charge in [0.05, 0.1) is 5.41 Å². The molecule has 47 heavy (non-hydrogen) atoms. The number of aromatic nitrogens is 1. The normalized spacial score (nSPS) is 13.7. The molecule has 1 spiro atoms. The van der Waals surface area contributed by atoms with Crippen LogP contribution in [0.25, 0.3) is 76.1 Å². The summed E-state index contributed by atoms with van der Waals surface area (Å²) in [5.41, 5.74) is 15.1. The quantitative estimate of drug-likeness (QED) is 0.193. The van der Waals surface area contributed by atoms with Gasteiger partial charge in [-0.25, -0.2) is 4.98 Å². The van der Waals surface area contributed by atoms with Gasteiger partial charge in [-0.2, -0.15) is 0 Å². The van der Waals surface area contributed by atoms with Crippen LogP contribution in [-0.4, -0.2) is 4.98 Å². The predicted octanol–water partition coefficient (Wildman–Crippen LogP) is 11.9. The van der Waals surface area contributed by atoms with Crippen LogP contribution in [0, 0.1) is 0 Å². The first kappa shape index (κ1) is 25.4. The summed E-state index contributed by atoms with van der Waals surface area (Å²) in [6, 6.07) is 55.4. The Labute approximate surface area is 275 Å². The third-order valence-corrected chi connectivity index (χ3v) is 11.6. The van der Waals surface area contributed by atoms with Crippen molar-refractivity contribution in [2.24, 2.45) is 0 Å². The average Bonchev–Trinajstić information content (AvgIpc) is 3.88. The maximum absolute atomic E-state index is 6.31. The number of rotatable bonds is 2. The molecule has 2 aliphatic rings. The van der Waals surface area contributed by atoms with E-state index in [1.165, 1.54) is 75.8 Å². The van der Waals surface area contributed by atoms with Crippen molar-refractivity contribution in [1.29, 1.82) is 0 Å². The van der Waals surface area contributed by atoms with Crippen LogP contribution in [0.5, 0.6) is 0 Å². The van der Waals surface area contributed by atoms with Crippen LogP contribution < -0.4 is 0 Å². The van der Waals surface area contributed by atoms with Crippen molar-refractivity contribution in [3.05, 3.63) is 174 Å². The van der Waals surface area contributed by atoms with Crippen molar-refractivity contribution in [1.82, 2.24) is 4.98 Å². The number of para-hydroxylation sites is 2. The minimum Gasteiger partial charge on any atom is -0.436 e. The van der Waals surface area contributed by atoms with Crippen LogP contribution in [0.4, 0.5) is 0 Å². The lowest BCUT2D eigenvalue weighted by Gasteiger charge is -2.31. The molecular formula is C44H25NOS. The highest BCUT2D eigenvalue weighted by Gasteiger charge is 2.51. The van der Waals surface area contributed by atoms with E-state index < -0.39 is 5.41 Å². The lowest BCUT2D eigenvalue weighted by Crippen LogP contribution is -2.26. The van der Waals surface area contributed by atoms with E-state index in [1.54, 1.807) is 0 Å². The summed E-state index contributed by atoms with van der Waals surface area (Å²) in [6.07, 6.45) is 0. The Bertz CT molecular complexity index is 2680. The number of fused-ring (bicyclic) bond motifs is 14. The number of hydrogen-bond donors (Lipinski definition) is 0. The highest BCUT2D eigenvalue weighted by atomic mass is 32.1. The standard InChI is InChI=1S/C44H25NOS/c1-4-15-35-29(10-1)30-11-2-5-16-36(30)44(35)37-24-26(28-13-9-14-34-33-12-3-8-19-41(33)47-42(28)34)20-22-31(37)32-23-21-27(25-38(32)44)43-45-39-17-6-7-18-40(39)46-43/h1-25H. The van der Waals surface area contributed by atoms with Crippen LogP contribution in [0.3, 0.4) is 0 Å². The minimum atomic E-state index is -0.468. The number of oxazole rings is 1. The number of benzene rings is 7. The summed E-state index contributed by atoms with van der Waals surface area (Å²) in [7, 11) is 0. The lowest BCUT2D eigenvalue weighted by molar-refractivity contribution is 0.619. The Morgan fingerprint density at radius 3 is 1.85 bits per heavy atom. The number of thiophene rings is 1. The molecule has 2 aromatic heterocycles. The third kappa shape index (κ3) is 3.26. The molecule has 0 fully saturated rings. The largest absolute Gasteiger partial charge is 0.436 e. The second-order valence-electron chi connectivity index (χ2n) is 12.6. The first-order valence-corrected chi connectivity index (χ1v) is 16.9. The van der Waals surface area contributed by atoms with Crippen molar-refractivity contribution in [2.75, 3.05) is 0 Å². The summed E-state index contributed by atoms with van der Waals surface area (Å²) < 4.78 is 8.97. The Kier molecular flexibility index (Phi) is 4.95. The maximum Gasteiger partial charge on any atom is 0.227 e. The Balaban J connectivity index is 1.21. The Morgan fingerprint density at radius 2 is 1.06 bits per heavy atom. The Hall–Kier alpha value is -5.77. The van der Waals surface area contributed by atoms with E-state index in [-0.39, 0.29) is 0 Å². The number of nitrogens with zero attached hydrogens (tertiary/aromatic N) is 1. The molecular weight excluding hydrogens is 591 g/mol. The van der Waals surface area contributed by atoms with E-state index in [2.05, 4.69) is 127 Å². The van der Waals surface area contributed by atoms with Gasteiger partial charge in [-0.15, -0.1) is 11.3 Å². The summed E-state index contributed by atoms with van der Waals surface area (Å²) in [4.78, 5) is 4.90. The zero-order valence-corrected chi connectivity index (χ0v) is 26.0. The van der Waals surface area contributed by atoms with Crippen LogP contribution in [0.1, 0.15) is 22.3 Å². The van der Waals surface area contributed by atoms with Crippen LogP contribution in [0.15, 0.2) is 156 Å². The molecule has 0 saturated carbocycles. The van der Waals surface area contributed by atoms with E-state index in [0.717, 1.165) is 16.7 Å². The summed E-state index contributed by atoms with van der Waals surface area (Å²) in [5.74, 6) is 0.650. The zero-order valence-electron chi connectivity index (χ0n) is 25.2. The molecule has 0 amide bonds. The molecule has 0 saturated heterocycles. The third-order valence-electron chi connectivity index (χ3n) is 10.3. The minimum absolute atomic E-state index is 0.468. The average molecular weight is 616 g/mol. The topological polar surface area (TPSA) is 26.0 Å². The van der Waals surface area contributed by atoms with Gasteiger partial charge in [0.25, 0.3) is 0 Å². The molecule has 0 aliphatic heterocycles. The maximum atomic E-state index is 6.31. The van der Waals surface area contributed by atoms with Gasteiger partial charge in [-0.3, -0.25) is 0 Å². The van der Waals surface area contributed by atoms with Crippen molar-refractivity contribution in [3.8, 4) is 44.8 Å². The van der Waals surface area contributed by atoms with Gasteiger partial charge in [0.2, 0.25) is 5.89 Å². The molecule has 2 nitrogen and oxygen atoms in total. The molecule has 9 aromatic rings.